The number of fused-ring (bicyclic) bond motifs is 2. The third kappa shape index (κ3) is 3.23. The molecule has 1 aromatic rings. The SMILES string of the molecule is Cn1nccc1C1=CC2CCC(C1)N2C(=O)NCCCC(=O)O. The van der Waals surface area contributed by atoms with Crippen LogP contribution in [0.2, 0.25) is 0 Å². The van der Waals surface area contributed by atoms with Gasteiger partial charge in [-0.1, -0.05) is 6.08 Å². The molecule has 2 aliphatic heterocycles. The number of nitrogens with zero attached hydrogens (tertiary/aromatic N) is 3. The van der Waals surface area contributed by atoms with Crippen LogP contribution in [0, 0.1) is 0 Å². The van der Waals surface area contributed by atoms with Gasteiger partial charge in [0, 0.05) is 32.3 Å². The van der Waals surface area contributed by atoms with Crippen molar-refractivity contribution in [2.24, 2.45) is 7.05 Å². The van der Waals surface area contributed by atoms with Gasteiger partial charge in [0.15, 0.2) is 0 Å². The van der Waals surface area contributed by atoms with Crippen molar-refractivity contribution >= 4 is 17.6 Å². The van der Waals surface area contributed by atoms with Crippen LogP contribution in [0.25, 0.3) is 5.57 Å². The second-order valence-electron chi connectivity index (χ2n) is 6.17. The van der Waals surface area contributed by atoms with E-state index in [2.05, 4.69) is 16.5 Å². The first-order valence-electron chi connectivity index (χ1n) is 8.03. The maximum Gasteiger partial charge on any atom is 0.318 e. The first kappa shape index (κ1) is 15.6. The van der Waals surface area contributed by atoms with E-state index >= 15 is 0 Å². The molecular weight excluding hydrogens is 296 g/mol. The molecule has 2 atom stereocenters. The lowest BCUT2D eigenvalue weighted by Gasteiger charge is -2.34. The third-order valence-electron chi connectivity index (χ3n) is 4.62. The molecule has 0 radical (unpaired) electrons. The van der Waals surface area contributed by atoms with Crippen LogP contribution >= 0.6 is 0 Å². The number of carbonyl (C=O) groups is 2. The Balaban J connectivity index is 1.63. The molecule has 2 bridgehead atoms. The van der Waals surface area contributed by atoms with E-state index in [1.165, 1.54) is 5.57 Å². The lowest BCUT2D eigenvalue weighted by atomic mass is 9.99. The maximum absolute atomic E-state index is 12.4. The van der Waals surface area contributed by atoms with Crippen LogP contribution in [0.5, 0.6) is 0 Å². The first-order chi connectivity index (χ1) is 11.1. The number of aliphatic carboxylic acids is 1. The van der Waals surface area contributed by atoms with Crippen LogP contribution in [-0.4, -0.2) is 50.4 Å². The lowest BCUT2D eigenvalue weighted by molar-refractivity contribution is -0.137. The van der Waals surface area contributed by atoms with Gasteiger partial charge in [-0.2, -0.15) is 5.10 Å². The molecule has 0 saturated carbocycles. The Morgan fingerprint density at radius 2 is 2.26 bits per heavy atom. The molecule has 2 amide bonds. The molecule has 0 spiro atoms. The van der Waals surface area contributed by atoms with Gasteiger partial charge >= 0.3 is 12.0 Å². The highest BCUT2D eigenvalue weighted by atomic mass is 16.4. The Hall–Kier alpha value is -2.31. The molecule has 2 N–H and O–H groups in total. The van der Waals surface area contributed by atoms with Gasteiger partial charge in [-0.3, -0.25) is 9.48 Å². The highest BCUT2D eigenvalue weighted by Crippen LogP contribution is 2.38. The number of carboxylic acid groups (broad SMARTS) is 1. The molecule has 2 aliphatic rings. The van der Waals surface area contributed by atoms with Crippen molar-refractivity contribution in [3.8, 4) is 0 Å². The largest absolute Gasteiger partial charge is 0.481 e. The average Bonchev–Trinajstić information content (AvgIpc) is 3.04. The van der Waals surface area contributed by atoms with Gasteiger partial charge in [0.25, 0.3) is 0 Å². The van der Waals surface area contributed by atoms with Crippen LogP contribution in [0.3, 0.4) is 0 Å². The van der Waals surface area contributed by atoms with E-state index < -0.39 is 5.97 Å². The Kier molecular flexibility index (Phi) is 4.36. The van der Waals surface area contributed by atoms with E-state index in [-0.39, 0.29) is 24.5 Å². The van der Waals surface area contributed by atoms with Crippen molar-refractivity contribution in [1.82, 2.24) is 20.0 Å². The van der Waals surface area contributed by atoms with Crippen molar-refractivity contribution in [3.63, 3.8) is 0 Å². The van der Waals surface area contributed by atoms with E-state index in [9.17, 15) is 9.59 Å². The van der Waals surface area contributed by atoms with Gasteiger partial charge < -0.3 is 15.3 Å². The molecule has 1 fully saturated rings. The van der Waals surface area contributed by atoms with E-state index in [1.807, 2.05) is 22.7 Å². The number of aromatic nitrogens is 2. The number of hydrogen-bond acceptors (Lipinski definition) is 3. The number of nitrogens with one attached hydrogen (secondary N) is 1. The quantitative estimate of drug-likeness (QED) is 0.808. The second-order valence-corrected chi connectivity index (χ2v) is 6.17. The average molecular weight is 318 g/mol. The number of carboxylic acids is 1. The number of aryl methyl sites for hydroxylation is 1. The third-order valence-corrected chi connectivity index (χ3v) is 4.62. The van der Waals surface area contributed by atoms with Crippen molar-refractivity contribution < 1.29 is 14.7 Å². The molecule has 0 aliphatic carbocycles. The van der Waals surface area contributed by atoms with Crippen LogP contribution in [-0.2, 0) is 11.8 Å². The lowest BCUT2D eigenvalue weighted by Crippen LogP contribution is -2.48. The van der Waals surface area contributed by atoms with Crippen molar-refractivity contribution in [2.45, 2.75) is 44.2 Å². The number of rotatable bonds is 5. The molecule has 1 aromatic heterocycles. The molecule has 7 nitrogen and oxygen atoms in total. The molecule has 3 heterocycles. The summed E-state index contributed by atoms with van der Waals surface area (Å²) in [5, 5.41) is 15.7. The minimum atomic E-state index is -0.832. The van der Waals surface area contributed by atoms with E-state index in [0.717, 1.165) is 25.0 Å². The zero-order valence-corrected chi connectivity index (χ0v) is 13.2. The molecule has 23 heavy (non-hydrogen) atoms. The number of amides is 2. The van der Waals surface area contributed by atoms with Gasteiger partial charge in [0.1, 0.15) is 0 Å². The molecule has 2 unspecified atom stereocenters. The fourth-order valence-corrected chi connectivity index (χ4v) is 3.55. The summed E-state index contributed by atoms with van der Waals surface area (Å²) in [5.74, 6) is -0.832. The standard InChI is InChI=1S/C16H22N4O3/c1-19-14(6-8-18-19)11-9-12-4-5-13(10-11)20(12)16(23)17-7-2-3-15(21)22/h6,8-9,12-13H,2-5,7,10H2,1H3,(H,17,23)(H,21,22). The summed E-state index contributed by atoms with van der Waals surface area (Å²) in [6.07, 6.45) is 7.34. The summed E-state index contributed by atoms with van der Waals surface area (Å²) in [4.78, 5) is 24.8. The normalized spacial score (nSPS) is 22.8. The maximum atomic E-state index is 12.4. The van der Waals surface area contributed by atoms with E-state index in [1.54, 1.807) is 6.20 Å². The van der Waals surface area contributed by atoms with Crippen LogP contribution < -0.4 is 5.32 Å². The van der Waals surface area contributed by atoms with Crippen molar-refractivity contribution in [2.75, 3.05) is 6.54 Å². The van der Waals surface area contributed by atoms with Crippen LogP contribution in [0.4, 0.5) is 4.79 Å². The molecule has 3 rings (SSSR count). The second kappa shape index (κ2) is 6.44. The van der Waals surface area contributed by atoms with Gasteiger partial charge in [0.2, 0.25) is 0 Å². The van der Waals surface area contributed by atoms with Crippen molar-refractivity contribution in [1.29, 1.82) is 0 Å². The summed E-state index contributed by atoms with van der Waals surface area (Å²) in [6.45, 7) is 0.402. The Bertz CT molecular complexity index is 637. The summed E-state index contributed by atoms with van der Waals surface area (Å²) >= 11 is 0. The van der Waals surface area contributed by atoms with Crippen LogP contribution in [0.1, 0.15) is 37.8 Å². The Labute approximate surface area is 135 Å². The Morgan fingerprint density at radius 1 is 1.43 bits per heavy atom. The topological polar surface area (TPSA) is 87.5 Å². The highest BCUT2D eigenvalue weighted by Gasteiger charge is 2.39. The molecule has 124 valence electrons. The molecule has 7 heteroatoms. The highest BCUT2D eigenvalue weighted by molar-refractivity contribution is 5.78. The summed E-state index contributed by atoms with van der Waals surface area (Å²) < 4.78 is 1.87. The van der Waals surface area contributed by atoms with Crippen LogP contribution in [0.15, 0.2) is 18.3 Å². The van der Waals surface area contributed by atoms with Gasteiger partial charge in [0.05, 0.1) is 11.7 Å². The molecule has 1 saturated heterocycles. The minimum Gasteiger partial charge on any atom is -0.481 e. The zero-order valence-electron chi connectivity index (χ0n) is 13.2. The zero-order chi connectivity index (χ0) is 16.4. The van der Waals surface area contributed by atoms with Gasteiger partial charge in [-0.25, -0.2) is 4.79 Å². The summed E-state index contributed by atoms with van der Waals surface area (Å²) in [5.41, 5.74) is 2.37. The van der Waals surface area contributed by atoms with Crippen molar-refractivity contribution in [3.05, 3.63) is 24.0 Å². The Morgan fingerprint density at radius 3 is 2.91 bits per heavy atom. The fraction of sp³-hybridized carbons (Fsp3) is 0.562. The first-order valence-corrected chi connectivity index (χ1v) is 8.03. The number of carbonyl (C=O) groups excluding carboxylic acids is 1. The molecular formula is C16H22N4O3. The number of hydrogen-bond donors (Lipinski definition) is 2. The molecule has 0 aromatic carbocycles. The van der Waals surface area contributed by atoms with Gasteiger partial charge in [-0.15, -0.1) is 0 Å². The summed E-state index contributed by atoms with van der Waals surface area (Å²) in [7, 11) is 1.93. The minimum absolute atomic E-state index is 0.0804. The monoisotopic (exact) mass is 318 g/mol. The number of urea groups is 1. The fourth-order valence-electron chi connectivity index (χ4n) is 3.55. The predicted molar refractivity (Wildman–Crippen MR) is 84.7 cm³/mol. The summed E-state index contributed by atoms with van der Waals surface area (Å²) in [6, 6.07) is 2.27. The predicted octanol–water partition coefficient (Wildman–Crippen LogP) is 1.61. The van der Waals surface area contributed by atoms with E-state index in [0.29, 0.717) is 13.0 Å². The van der Waals surface area contributed by atoms with Gasteiger partial charge in [-0.05, 0) is 37.3 Å². The van der Waals surface area contributed by atoms with E-state index in [4.69, 9.17) is 5.11 Å². The smallest absolute Gasteiger partial charge is 0.318 e.